The molecule has 1 aromatic carbocycles. The van der Waals surface area contributed by atoms with E-state index in [0.29, 0.717) is 23.5 Å². The molecule has 0 spiro atoms. The highest BCUT2D eigenvalue weighted by Gasteiger charge is 2.26. The summed E-state index contributed by atoms with van der Waals surface area (Å²) in [6, 6.07) is 11.5. The summed E-state index contributed by atoms with van der Waals surface area (Å²) in [6.45, 7) is 2.78. The number of amides is 1. The first kappa shape index (κ1) is 17.5. The third-order valence-electron chi connectivity index (χ3n) is 4.06. The van der Waals surface area contributed by atoms with Crippen LogP contribution in [0.5, 0.6) is 0 Å². The van der Waals surface area contributed by atoms with E-state index in [9.17, 15) is 9.59 Å². The van der Waals surface area contributed by atoms with E-state index in [4.69, 9.17) is 9.15 Å². The minimum absolute atomic E-state index is 0.183. The molecule has 0 fully saturated rings. The third-order valence-corrected chi connectivity index (χ3v) is 4.49. The summed E-state index contributed by atoms with van der Waals surface area (Å²) in [6.07, 6.45) is 2.74. The van der Waals surface area contributed by atoms with E-state index >= 15 is 0 Å². The van der Waals surface area contributed by atoms with Crippen molar-refractivity contribution in [2.45, 2.75) is 26.0 Å². The number of esters is 1. The normalized spacial score (nSPS) is 15.0. The average molecular weight is 404 g/mol. The number of nitrogens with zero attached hydrogens (tertiary/aromatic N) is 1. The molecule has 0 unspecified atom stereocenters. The van der Waals surface area contributed by atoms with Crippen LogP contribution >= 0.6 is 15.9 Å². The lowest BCUT2D eigenvalue weighted by molar-refractivity contribution is -0.155. The van der Waals surface area contributed by atoms with Gasteiger partial charge in [-0.1, -0.05) is 24.3 Å². The van der Waals surface area contributed by atoms with Crippen molar-refractivity contribution in [1.29, 1.82) is 0 Å². The lowest BCUT2D eigenvalue weighted by Crippen LogP contribution is -2.42. The SMILES string of the molecule is C[C@H](OC(=O)/C=C/c1ccc(Br)o1)C(=O)N1CCc2ccccc2C1. The molecule has 1 aromatic heterocycles. The van der Waals surface area contributed by atoms with Gasteiger partial charge in [0.2, 0.25) is 0 Å². The number of halogens is 1. The number of carbonyl (C=O) groups is 2. The molecule has 0 bridgehead atoms. The lowest BCUT2D eigenvalue weighted by Gasteiger charge is -2.30. The Morgan fingerprint density at radius 2 is 2.00 bits per heavy atom. The molecule has 130 valence electrons. The molecule has 25 heavy (non-hydrogen) atoms. The fraction of sp³-hybridized carbons (Fsp3) is 0.263. The second kappa shape index (κ2) is 7.70. The molecule has 0 N–H and O–H groups in total. The zero-order valence-corrected chi connectivity index (χ0v) is 15.4. The van der Waals surface area contributed by atoms with E-state index < -0.39 is 12.1 Å². The maximum absolute atomic E-state index is 12.5. The van der Waals surface area contributed by atoms with Crippen molar-refractivity contribution in [2.75, 3.05) is 6.54 Å². The maximum Gasteiger partial charge on any atom is 0.331 e. The molecule has 3 rings (SSSR count). The molecule has 1 aliphatic heterocycles. The highest BCUT2D eigenvalue weighted by Crippen LogP contribution is 2.19. The fourth-order valence-corrected chi connectivity index (χ4v) is 3.09. The summed E-state index contributed by atoms with van der Waals surface area (Å²) in [5, 5.41) is 0. The summed E-state index contributed by atoms with van der Waals surface area (Å²) >= 11 is 3.19. The molecule has 1 atom stereocenters. The predicted octanol–water partition coefficient (Wildman–Crippen LogP) is 3.57. The molecule has 0 aliphatic carbocycles. The summed E-state index contributed by atoms with van der Waals surface area (Å²) in [7, 11) is 0. The van der Waals surface area contributed by atoms with Gasteiger partial charge in [0.05, 0.1) is 0 Å². The second-order valence-corrected chi connectivity index (χ2v) is 6.61. The Bertz CT molecular complexity index is 811. The molecular formula is C19H18BrNO4. The first-order valence-corrected chi connectivity index (χ1v) is 8.82. The third kappa shape index (κ3) is 4.39. The Labute approximate surface area is 154 Å². The highest BCUT2D eigenvalue weighted by molar-refractivity contribution is 9.10. The molecule has 0 saturated carbocycles. The standard InChI is InChI=1S/C19H18BrNO4/c1-13(24-18(22)9-7-16-6-8-17(20)25-16)19(23)21-11-10-14-4-2-3-5-15(14)12-21/h2-9,13H,10-12H2,1H3/b9-7+/t13-/m0/s1. The quantitative estimate of drug-likeness (QED) is 0.578. The van der Waals surface area contributed by atoms with Crippen LogP contribution in [-0.4, -0.2) is 29.4 Å². The number of rotatable bonds is 4. The molecule has 1 aliphatic rings. The van der Waals surface area contributed by atoms with E-state index in [1.165, 1.54) is 17.7 Å². The van der Waals surface area contributed by atoms with E-state index in [2.05, 4.69) is 22.0 Å². The predicted molar refractivity (Wildman–Crippen MR) is 96.6 cm³/mol. The number of carbonyl (C=O) groups excluding carboxylic acids is 2. The van der Waals surface area contributed by atoms with Crippen molar-refractivity contribution in [3.05, 3.63) is 64.0 Å². The zero-order chi connectivity index (χ0) is 17.8. The van der Waals surface area contributed by atoms with Gasteiger partial charge in [0.25, 0.3) is 5.91 Å². The highest BCUT2D eigenvalue weighted by atomic mass is 79.9. The van der Waals surface area contributed by atoms with Crippen LogP contribution < -0.4 is 0 Å². The van der Waals surface area contributed by atoms with Crippen molar-refractivity contribution in [3.63, 3.8) is 0 Å². The molecule has 0 radical (unpaired) electrons. The smallest absolute Gasteiger partial charge is 0.331 e. The molecule has 0 saturated heterocycles. The van der Waals surface area contributed by atoms with E-state index in [1.807, 2.05) is 18.2 Å². The summed E-state index contributed by atoms with van der Waals surface area (Å²) in [4.78, 5) is 26.1. The van der Waals surface area contributed by atoms with E-state index in [0.717, 1.165) is 12.0 Å². The fourth-order valence-electron chi connectivity index (χ4n) is 2.77. The van der Waals surface area contributed by atoms with Crippen molar-refractivity contribution in [1.82, 2.24) is 4.90 Å². The monoisotopic (exact) mass is 403 g/mol. The Kier molecular flexibility index (Phi) is 5.38. The number of hydrogen-bond acceptors (Lipinski definition) is 4. The van der Waals surface area contributed by atoms with Crippen molar-refractivity contribution in [2.24, 2.45) is 0 Å². The molecule has 6 heteroatoms. The van der Waals surface area contributed by atoms with Gasteiger partial charge < -0.3 is 14.1 Å². The number of hydrogen-bond donors (Lipinski definition) is 0. The molecule has 2 aromatic rings. The van der Waals surface area contributed by atoms with Crippen LogP contribution in [0, 0.1) is 0 Å². The largest absolute Gasteiger partial charge is 0.450 e. The Balaban J connectivity index is 1.56. The minimum Gasteiger partial charge on any atom is -0.450 e. The van der Waals surface area contributed by atoms with Crippen LogP contribution in [0.4, 0.5) is 0 Å². The summed E-state index contributed by atoms with van der Waals surface area (Å²) in [5.41, 5.74) is 2.41. The lowest BCUT2D eigenvalue weighted by atomic mass is 9.99. The minimum atomic E-state index is -0.828. The van der Waals surface area contributed by atoms with Crippen LogP contribution in [0.1, 0.15) is 23.8 Å². The maximum atomic E-state index is 12.5. The van der Waals surface area contributed by atoms with Crippen LogP contribution in [0.3, 0.4) is 0 Å². The number of benzene rings is 1. The van der Waals surface area contributed by atoms with Gasteiger partial charge in [0.1, 0.15) is 5.76 Å². The number of furan rings is 1. The van der Waals surface area contributed by atoms with Crippen molar-refractivity contribution >= 4 is 33.9 Å². The first-order valence-electron chi connectivity index (χ1n) is 8.02. The first-order chi connectivity index (χ1) is 12.0. The molecule has 2 heterocycles. The van der Waals surface area contributed by atoms with E-state index in [-0.39, 0.29) is 5.91 Å². The molecule has 5 nitrogen and oxygen atoms in total. The van der Waals surface area contributed by atoms with Crippen molar-refractivity contribution in [3.8, 4) is 0 Å². The second-order valence-electron chi connectivity index (χ2n) is 5.83. The zero-order valence-electron chi connectivity index (χ0n) is 13.8. The topological polar surface area (TPSA) is 59.8 Å². The van der Waals surface area contributed by atoms with Gasteiger partial charge in [-0.05, 0) is 58.6 Å². The van der Waals surface area contributed by atoms with Gasteiger partial charge in [-0.3, -0.25) is 4.79 Å². The Morgan fingerprint density at radius 3 is 2.72 bits per heavy atom. The Hall–Kier alpha value is -2.34. The van der Waals surface area contributed by atoms with Crippen LogP contribution in [-0.2, 0) is 27.3 Å². The van der Waals surface area contributed by atoms with E-state index in [1.54, 1.807) is 24.0 Å². The van der Waals surface area contributed by atoms with Gasteiger partial charge in [0, 0.05) is 19.2 Å². The van der Waals surface area contributed by atoms with Gasteiger partial charge in [-0.15, -0.1) is 0 Å². The number of fused-ring (bicyclic) bond motifs is 1. The summed E-state index contributed by atoms with van der Waals surface area (Å²) in [5.74, 6) is -0.238. The van der Waals surface area contributed by atoms with Gasteiger partial charge in [-0.25, -0.2) is 4.79 Å². The van der Waals surface area contributed by atoms with Crippen LogP contribution in [0.2, 0.25) is 0 Å². The molecule has 1 amide bonds. The van der Waals surface area contributed by atoms with Gasteiger partial charge in [0.15, 0.2) is 10.8 Å². The van der Waals surface area contributed by atoms with Gasteiger partial charge >= 0.3 is 5.97 Å². The summed E-state index contributed by atoms with van der Waals surface area (Å²) < 4.78 is 11.1. The van der Waals surface area contributed by atoms with Crippen molar-refractivity contribution < 1.29 is 18.7 Å². The molecular weight excluding hydrogens is 386 g/mol. The van der Waals surface area contributed by atoms with Crippen LogP contribution in [0.15, 0.2) is 51.6 Å². The van der Waals surface area contributed by atoms with Crippen LogP contribution in [0.25, 0.3) is 6.08 Å². The number of ether oxygens (including phenoxy) is 1. The Morgan fingerprint density at radius 1 is 1.24 bits per heavy atom. The van der Waals surface area contributed by atoms with Gasteiger partial charge in [-0.2, -0.15) is 0 Å². The average Bonchev–Trinajstić information content (AvgIpc) is 3.04.